The van der Waals surface area contributed by atoms with Crippen molar-refractivity contribution in [3.05, 3.63) is 28.4 Å². The van der Waals surface area contributed by atoms with Gasteiger partial charge in [0.05, 0.1) is 19.8 Å². The molecule has 0 bridgehead atoms. The maximum atomic E-state index is 16.1. The first kappa shape index (κ1) is 48.4. The summed E-state index contributed by atoms with van der Waals surface area (Å²) in [5, 5.41) is 0. The van der Waals surface area contributed by atoms with Gasteiger partial charge in [0.1, 0.15) is 6.10 Å². The van der Waals surface area contributed by atoms with Crippen molar-refractivity contribution in [3.8, 4) is 0 Å². The van der Waals surface area contributed by atoms with E-state index in [0.717, 1.165) is 64.2 Å². The lowest BCUT2D eigenvalue weighted by Gasteiger charge is -2.25. The van der Waals surface area contributed by atoms with E-state index in [1.807, 2.05) is 0 Å². The second kappa shape index (κ2) is 28.6. The Balaban J connectivity index is 2.09. The molecular weight excluding hydrogens is 717 g/mol. The highest BCUT2D eigenvalue weighted by Crippen LogP contribution is 2.52. The third kappa shape index (κ3) is 19.4. The number of phosphoric ester groups is 1. The van der Waals surface area contributed by atoms with Gasteiger partial charge in [0.2, 0.25) is 6.23 Å². The number of aryl methyl sites for hydroxylation is 1. The van der Waals surface area contributed by atoms with E-state index in [2.05, 4.69) is 25.8 Å². The van der Waals surface area contributed by atoms with Gasteiger partial charge in [-0.15, -0.1) is 0 Å². The van der Waals surface area contributed by atoms with Gasteiger partial charge in [-0.1, -0.05) is 156 Å². The topological polar surface area (TPSA) is 115 Å². The number of hydrogen-bond donors (Lipinski definition) is 0. The maximum absolute atomic E-state index is 16.1. The van der Waals surface area contributed by atoms with Crippen LogP contribution in [0.2, 0.25) is 0 Å². The number of nitrogens with zero attached hydrogens (tertiary/aromatic N) is 2. The molecule has 1 aromatic heterocycles. The summed E-state index contributed by atoms with van der Waals surface area (Å²) < 4.78 is 75.1. The molecule has 1 fully saturated rings. The van der Waals surface area contributed by atoms with Crippen LogP contribution in [0.25, 0.3) is 0 Å². The van der Waals surface area contributed by atoms with Crippen LogP contribution < -0.4 is 5.69 Å². The molecule has 54 heavy (non-hydrogen) atoms. The SMILES string of the molecule is CCCCCCCCCCOP(=O)(OCCCCCCCCCC)OC[C@H]1O[C@@H](n2ccc(C)nc2=O)C(F)(F)[C@@H]1OC(=O)CCCCCCCCCC. The molecule has 0 saturated carbocycles. The number of alkyl halides is 2. The van der Waals surface area contributed by atoms with Crippen molar-refractivity contribution in [1.82, 2.24) is 9.55 Å². The van der Waals surface area contributed by atoms with Crippen LogP contribution in [0.1, 0.15) is 193 Å². The number of unbranched alkanes of at least 4 members (excludes halogenated alkanes) is 21. The van der Waals surface area contributed by atoms with Crippen molar-refractivity contribution in [2.45, 2.75) is 213 Å². The van der Waals surface area contributed by atoms with Crippen molar-refractivity contribution >= 4 is 13.8 Å². The van der Waals surface area contributed by atoms with Crippen molar-refractivity contribution < 1.29 is 41.2 Å². The lowest BCUT2D eigenvalue weighted by Crippen LogP contribution is -2.44. The van der Waals surface area contributed by atoms with E-state index in [1.54, 1.807) is 6.92 Å². The van der Waals surface area contributed by atoms with Gasteiger partial charge in [-0.25, -0.2) is 9.36 Å². The first-order chi connectivity index (χ1) is 26.1. The highest BCUT2D eigenvalue weighted by molar-refractivity contribution is 7.48. The average Bonchev–Trinajstić information content (AvgIpc) is 3.38. The third-order valence-corrected chi connectivity index (χ3v) is 11.4. The molecule has 1 aliphatic heterocycles. The molecule has 2 heterocycles. The Morgan fingerprint density at radius 3 is 1.65 bits per heavy atom. The number of carbonyl (C=O) groups is 1. The van der Waals surface area contributed by atoms with Crippen LogP contribution in [-0.2, 0) is 32.4 Å². The number of carbonyl (C=O) groups excluding carboxylic acids is 1. The minimum absolute atomic E-state index is 0.0340. The Morgan fingerprint density at radius 1 is 0.741 bits per heavy atom. The molecule has 0 aliphatic carbocycles. The zero-order valence-corrected chi connectivity index (χ0v) is 34.9. The van der Waals surface area contributed by atoms with Crippen LogP contribution in [0.15, 0.2) is 17.1 Å². The highest BCUT2D eigenvalue weighted by Gasteiger charge is 2.62. The number of hydrogen-bond acceptors (Lipinski definition) is 9. The fourth-order valence-corrected chi connectivity index (χ4v) is 7.89. The van der Waals surface area contributed by atoms with Gasteiger partial charge in [-0.2, -0.15) is 13.8 Å². The van der Waals surface area contributed by atoms with E-state index in [1.165, 1.54) is 82.9 Å². The average molecular weight is 791 g/mol. The van der Waals surface area contributed by atoms with E-state index < -0.39 is 50.4 Å². The molecular formula is C41H73F2N2O8P. The van der Waals surface area contributed by atoms with E-state index >= 15 is 8.78 Å². The van der Waals surface area contributed by atoms with Crippen LogP contribution in [0.4, 0.5) is 8.78 Å². The lowest BCUT2D eigenvalue weighted by atomic mass is 10.1. The van der Waals surface area contributed by atoms with Gasteiger partial charge in [0.15, 0.2) is 6.10 Å². The smallest absolute Gasteiger partial charge is 0.453 e. The quantitative estimate of drug-likeness (QED) is 0.0382. The highest BCUT2D eigenvalue weighted by atomic mass is 31.2. The molecule has 0 radical (unpaired) electrons. The van der Waals surface area contributed by atoms with Gasteiger partial charge in [-0.3, -0.25) is 22.9 Å². The van der Waals surface area contributed by atoms with Gasteiger partial charge in [0.25, 0.3) is 0 Å². The van der Waals surface area contributed by atoms with Gasteiger partial charge in [0, 0.05) is 18.3 Å². The monoisotopic (exact) mass is 791 g/mol. The summed E-state index contributed by atoms with van der Waals surface area (Å²) in [7, 11) is -4.21. The normalized spacial score (nSPS) is 18.4. The zero-order chi connectivity index (χ0) is 39.5. The molecule has 1 aromatic rings. The Kier molecular flexibility index (Phi) is 25.7. The van der Waals surface area contributed by atoms with Gasteiger partial charge >= 0.3 is 25.4 Å². The van der Waals surface area contributed by atoms with E-state index in [9.17, 15) is 14.2 Å². The number of aromatic nitrogens is 2. The van der Waals surface area contributed by atoms with E-state index in [-0.39, 0.29) is 19.6 Å². The summed E-state index contributed by atoms with van der Waals surface area (Å²) >= 11 is 0. The molecule has 0 N–H and O–H groups in total. The molecule has 0 spiro atoms. The predicted octanol–water partition coefficient (Wildman–Crippen LogP) is 12.0. The Morgan fingerprint density at radius 2 is 1.19 bits per heavy atom. The fourth-order valence-electron chi connectivity index (χ4n) is 6.63. The second-order valence-corrected chi connectivity index (χ2v) is 16.6. The molecule has 1 aliphatic rings. The summed E-state index contributed by atoms with van der Waals surface area (Å²) in [6, 6.07) is 1.42. The third-order valence-electron chi connectivity index (χ3n) is 9.96. The summed E-state index contributed by atoms with van der Waals surface area (Å²) in [4.78, 5) is 29.4. The molecule has 0 unspecified atom stereocenters. The summed E-state index contributed by atoms with van der Waals surface area (Å²) in [6.45, 7) is 7.69. The van der Waals surface area contributed by atoms with E-state index in [4.69, 9.17) is 23.0 Å². The number of halogens is 2. The minimum Gasteiger partial charge on any atom is -0.453 e. The van der Waals surface area contributed by atoms with E-state index in [0.29, 0.717) is 29.5 Å². The van der Waals surface area contributed by atoms with Gasteiger partial charge in [-0.05, 0) is 32.3 Å². The number of rotatable bonds is 34. The number of phosphoric acid groups is 1. The first-order valence-corrected chi connectivity index (χ1v) is 22.9. The number of esters is 1. The van der Waals surface area contributed by atoms with Crippen molar-refractivity contribution in [1.29, 1.82) is 0 Å². The minimum atomic E-state index is -4.21. The van der Waals surface area contributed by atoms with Crippen LogP contribution >= 0.6 is 7.82 Å². The fraction of sp³-hybridized carbons (Fsp3) is 0.878. The summed E-state index contributed by atoms with van der Waals surface area (Å²) in [6.07, 6.45) is 20.4. The Hall–Kier alpha value is -1.72. The first-order valence-electron chi connectivity index (χ1n) is 21.4. The standard InChI is InChI=1S/C41H73F2N2O8P/c1-5-8-11-14-17-20-23-26-29-37(46)53-38-36(52-39(41(38,42)43)45-31-30-35(4)44-40(45)47)34-51-54(48,49-32-27-24-21-18-15-12-9-6-2)50-33-28-25-22-19-16-13-10-7-3/h30-31,36,38-39H,5-29,32-34H2,1-4H3/t36-,38-,39-/m1/s1. The molecule has 13 heteroatoms. The van der Waals surface area contributed by atoms with Crippen molar-refractivity contribution in [2.75, 3.05) is 19.8 Å². The van der Waals surface area contributed by atoms with Gasteiger partial charge < -0.3 is 9.47 Å². The van der Waals surface area contributed by atoms with Crippen LogP contribution in [0, 0.1) is 6.92 Å². The second-order valence-electron chi connectivity index (χ2n) is 15.0. The molecule has 0 aromatic carbocycles. The van der Waals surface area contributed by atoms with Crippen LogP contribution in [0.5, 0.6) is 0 Å². The van der Waals surface area contributed by atoms with Crippen LogP contribution in [0.3, 0.4) is 0 Å². The van der Waals surface area contributed by atoms with Crippen LogP contribution in [-0.4, -0.2) is 53.5 Å². The predicted molar refractivity (Wildman–Crippen MR) is 210 cm³/mol. The Bertz CT molecular complexity index is 1210. The number of ether oxygens (including phenoxy) is 2. The van der Waals surface area contributed by atoms with Crippen molar-refractivity contribution in [3.63, 3.8) is 0 Å². The largest absolute Gasteiger partial charge is 0.474 e. The lowest BCUT2D eigenvalue weighted by molar-refractivity contribution is -0.176. The Labute approximate surface area is 324 Å². The van der Waals surface area contributed by atoms with Crippen molar-refractivity contribution in [2.24, 2.45) is 0 Å². The molecule has 0 amide bonds. The maximum Gasteiger partial charge on any atom is 0.474 e. The molecule has 1 saturated heterocycles. The molecule has 3 atom stereocenters. The summed E-state index contributed by atoms with van der Waals surface area (Å²) in [5.74, 6) is -4.63. The summed E-state index contributed by atoms with van der Waals surface area (Å²) in [5.41, 5.74) is -0.577. The molecule has 2 rings (SSSR count). The molecule has 314 valence electrons. The zero-order valence-electron chi connectivity index (χ0n) is 34.0. The molecule has 10 nitrogen and oxygen atoms in total.